The number of nitrogens with two attached hydrogens (primary N) is 2. The number of nitrogens with one attached hydrogen (secondary N) is 4. The molecule has 0 fully saturated rings. The third kappa shape index (κ3) is 12.9. The van der Waals surface area contributed by atoms with Crippen molar-refractivity contribution in [2.24, 2.45) is 5.41 Å². The highest BCUT2D eigenvalue weighted by atomic mass is 16.5. The van der Waals surface area contributed by atoms with Gasteiger partial charge in [0.05, 0.1) is 42.7 Å². The van der Waals surface area contributed by atoms with Gasteiger partial charge in [-0.15, -0.1) is 0 Å². The number of H-pyrrole nitrogens is 1. The van der Waals surface area contributed by atoms with Gasteiger partial charge in [-0.3, -0.25) is 24.7 Å². The van der Waals surface area contributed by atoms with Crippen LogP contribution in [0.25, 0.3) is 33.1 Å². The van der Waals surface area contributed by atoms with E-state index >= 15 is 0 Å². The molecule has 64 heavy (non-hydrogen) atoms. The van der Waals surface area contributed by atoms with Crippen molar-refractivity contribution in [3.63, 3.8) is 0 Å². The molecule has 2 unspecified atom stereocenters. The summed E-state index contributed by atoms with van der Waals surface area (Å²) >= 11 is 0. The van der Waals surface area contributed by atoms with E-state index in [1.165, 1.54) is 6.20 Å². The van der Waals surface area contributed by atoms with Crippen molar-refractivity contribution >= 4 is 62.4 Å². The first kappa shape index (κ1) is 47.2. The van der Waals surface area contributed by atoms with Crippen molar-refractivity contribution in [1.82, 2.24) is 45.1 Å². The lowest BCUT2D eigenvalue weighted by Crippen LogP contribution is -2.39. The van der Waals surface area contributed by atoms with E-state index in [-0.39, 0.29) is 54.4 Å². The summed E-state index contributed by atoms with van der Waals surface area (Å²) in [5, 5.41) is 30.4. The van der Waals surface area contributed by atoms with Gasteiger partial charge in [-0.2, -0.15) is 4.98 Å². The molecule has 0 radical (unpaired) electrons. The first-order valence-corrected chi connectivity index (χ1v) is 21.8. The maximum absolute atomic E-state index is 12.4. The molecule has 342 valence electrons. The Morgan fingerprint density at radius 2 is 1.72 bits per heavy atom. The molecule has 4 heterocycles. The Kier molecular flexibility index (Phi) is 16.5. The number of aliphatic hydroxyl groups excluding tert-OH is 1. The number of para-hydroxylation sites is 1. The van der Waals surface area contributed by atoms with Gasteiger partial charge in [-0.1, -0.05) is 57.5 Å². The van der Waals surface area contributed by atoms with Crippen molar-refractivity contribution < 1.29 is 29.3 Å². The molecule has 10 N–H and O–H groups in total. The number of benzene rings is 2. The van der Waals surface area contributed by atoms with Crippen LogP contribution in [0.5, 0.6) is 0 Å². The highest BCUT2D eigenvalue weighted by Gasteiger charge is 2.25. The standard InChI is InChI=1S/C45H60N12O7/c1-4-5-14-34-54-36-38(31-11-6-7-12-32(31)52-39(36)46)57(34)26-45(2,3)27-64-22-10-21-63-23-19-35(58)48-20-9-8-13-33(43(61)62)53-41(59)28-15-17-29(18-16-28)49-24-30-25-50-40-37(51-30)42(60)56-44(47)55-40/h6-7,11-12,15-18,25,33,41,49,53,59H,4-5,8-10,13-14,19-24,26-27H2,1-3H3,(H2,46,52)(H,48,58)(H,61,62)(H3,47,50,55,56,60). The van der Waals surface area contributed by atoms with Crippen LogP contribution in [0.15, 0.2) is 59.5 Å². The minimum Gasteiger partial charge on any atom is -0.480 e. The summed E-state index contributed by atoms with van der Waals surface area (Å²) in [6.07, 6.45) is 5.48. The second kappa shape index (κ2) is 22.4. The molecule has 0 spiro atoms. The first-order chi connectivity index (χ1) is 30.8. The fourth-order valence-corrected chi connectivity index (χ4v) is 7.34. The second-order valence-corrected chi connectivity index (χ2v) is 16.6. The number of hydrogen-bond donors (Lipinski definition) is 8. The molecule has 0 saturated heterocycles. The number of carboxylic acids is 1. The quantitative estimate of drug-likeness (QED) is 0.0273. The Labute approximate surface area is 370 Å². The number of aryl methyl sites for hydroxylation is 1. The summed E-state index contributed by atoms with van der Waals surface area (Å²) < 4.78 is 14.1. The van der Waals surface area contributed by atoms with Gasteiger partial charge < -0.3 is 46.4 Å². The molecule has 0 saturated carbocycles. The Hall–Kier alpha value is -6.28. The van der Waals surface area contributed by atoms with Crippen LogP contribution in [0.1, 0.15) is 89.0 Å². The number of amides is 1. The lowest BCUT2D eigenvalue weighted by molar-refractivity contribution is -0.140. The van der Waals surface area contributed by atoms with Crippen LogP contribution in [0.3, 0.4) is 0 Å². The molecule has 2 atom stereocenters. The van der Waals surface area contributed by atoms with Crippen LogP contribution in [0.2, 0.25) is 0 Å². The van der Waals surface area contributed by atoms with Crippen LogP contribution < -0.4 is 33.0 Å². The number of unbranched alkanes of at least 4 members (excludes halogenated alkanes) is 2. The van der Waals surface area contributed by atoms with Crippen LogP contribution >= 0.6 is 0 Å². The summed E-state index contributed by atoms with van der Waals surface area (Å²) in [6.45, 7) is 9.75. The number of carbonyl (C=O) groups is 2. The summed E-state index contributed by atoms with van der Waals surface area (Å²) in [4.78, 5) is 60.9. The largest absolute Gasteiger partial charge is 0.480 e. The number of ether oxygens (including phenoxy) is 2. The average molecular weight is 881 g/mol. The Morgan fingerprint density at radius 3 is 2.50 bits per heavy atom. The lowest BCUT2D eigenvalue weighted by atomic mass is 9.94. The molecule has 6 aromatic rings. The average Bonchev–Trinajstić information content (AvgIpc) is 3.63. The Morgan fingerprint density at radius 1 is 0.938 bits per heavy atom. The van der Waals surface area contributed by atoms with Crippen molar-refractivity contribution in [2.45, 2.75) is 97.5 Å². The molecule has 0 aliphatic carbocycles. The minimum absolute atomic E-state index is 0.0399. The molecular formula is C45H60N12O7. The molecule has 19 heteroatoms. The molecule has 1 amide bonds. The van der Waals surface area contributed by atoms with Gasteiger partial charge in [0.25, 0.3) is 5.56 Å². The maximum Gasteiger partial charge on any atom is 0.320 e. The number of anilines is 3. The third-order valence-electron chi connectivity index (χ3n) is 10.7. The fraction of sp³-hybridized carbons (Fsp3) is 0.467. The zero-order chi connectivity index (χ0) is 45.6. The highest BCUT2D eigenvalue weighted by Crippen LogP contribution is 2.32. The number of rotatable bonds is 26. The SMILES string of the molecule is CCCCc1nc2c(N)nc3ccccc3c2n1CC(C)(C)COCCCOCCC(=O)NCCCCC(NC(O)c1ccc(NCc2cnc3nc(N)[nH]c(=O)c3n2)cc1)C(=O)O. The van der Waals surface area contributed by atoms with Gasteiger partial charge in [0.2, 0.25) is 11.9 Å². The zero-order valence-corrected chi connectivity index (χ0v) is 36.7. The van der Waals surface area contributed by atoms with E-state index in [0.717, 1.165) is 47.0 Å². The normalized spacial score (nSPS) is 12.8. The van der Waals surface area contributed by atoms with Gasteiger partial charge in [0, 0.05) is 55.6 Å². The summed E-state index contributed by atoms with van der Waals surface area (Å²) in [6, 6.07) is 13.8. The molecule has 0 aliphatic rings. The summed E-state index contributed by atoms with van der Waals surface area (Å²) in [7, 11) is 0. The van der Waals surface area contributed by atoms with Gasteiger partial charge in [-0.05, 0) is 55.9 Å². The van der Waals surface area contributed by atoms with Crippen LogP contribution in [0.4, 0.5) is 17.5 Å². The Balaban J connectivity index is 0.828. The predicted molar refractivity (Wildman–Crippen MR) is 245 cm³/mol. The molecule has 6 rings (SSSR count). The summed E-state index contributed by atoms with van der Waals surface area (Å²) in [5.74, 6) is 0.191. The van der Waals surface area contributed by atoms with Crippen LogP contribution in [-0.4, -0.2) is 95.6 Å². The van der Waals surface area contributed by atoms with Gasteiger partial charge >= 0.3 is 5.97 Å². The number of aromatic nitrogens is 7. The van der Waals surface area contributed by atoms with Crippen molar-refractivity contribution in [2.75, 3.05) is 49.8 Å². The Bertz CT molecular complexity index is 2560. The molecule has 0 bridgehead atoms. The number of carbonyl (C=O) groups excluding carboxylic acids is 1. The van der Waals surface area contributed by atoms with Crippen molar-refractivity contribution in [3.05, 3.63) is 82.2 Å². The van der Waals surface area contributed by atoms with Gasteiger partial charge in [0.1, 0.15) is 23.6 Å². The van der Waals surface area contributed by atoms with E-state index in [1.54, 1.807) is 24.3 Å². The maximum atomic E-state index is 12.4. The number of aliphatic hydroxyl groups is 1. The molecule has 4 aromatic heterocycles. The predicted octanol–water partition coefficient (Wildman–Crippen LogP) is 4.59. The first-order valence-electron chi connectivity index (χ1n) is 21.8. The summed E-state index contributed by atoms with van der Waals surface area (Å²) in [5.41, 5.74) is 15.8. The number of imidazole rings is 1. The number of aromatic amines is 1. The zero-order valence-electron chi connectivity index (χ0n) is 36.7. The number of fused-ring (bicyclic) bond motifs is 4. The number of nitrogen functional groups attached to an aromatic ring is 2. The van der Waals surface area contributed by atoms with E-state index in [2.05, 4.69) is 72.3 Å². The molecule has 19 nitrogen and oxygen atoms in total. The lowest BCUT2D eigenvalue weighted by Gasteiger charge is -2.26. The number of nitrogens with zero attached hydrogens (tertiary/aromatic N) is 6. The molecule has 2 aromatic carbocycles. The highest BCUT2D eigenvalue weighted by molar-refractivity contribution is 6.06. The molecule has 0 aliphatic heterocycles. The number of aliphatic carboxylic acids is 1. The van der Waals surface area contributed by atoms with Crippen LogP contribution in [0, 0.1) is 5.41 Å². The second-order valence-electron chi connectivity index (χ2n) is 16.6. The number of hydrogen-bond acceptors (Lipinski definition) is 15. The van der Waals surface area contributed by atoms with Gasteiger partial charge in [-0.25, -0.2) is 19.9 Å². The van der Waals surface area contributed by atoms with E-state index in [4.69, 9.17) is 25.9 Å². The van der Waals surface area contributed by atoms with E-state index in [1.807, 2.05) is 18.2 Å². The van der Waals surface area contributed by atoms with E-state index < -0.39 is 23.8 Å². The van der Waals surface area contributed by atoms with E-state index in [0.29, 0.717) is 74.9 Å². The minimum atomic E-state index is -1.22. The third-order valence-corrected chi connectivity index (χ3v) is 10.7. The number of pyridine rings is 1. The van der Waals surface area contributed by atoms with Crippen molar-refractivity contribution in [3.8, 4) is 0 Å². The molecular weight excluding hydrogens is 821 g/mol. The number of carboxylic acid groups (broad SMARTS) is 1. The van der Waals surface area contributed by atoms with Crippen LogP contribution in [-0.2, 0) is 38.6 Å². The van der Waals surface area contributed by atoms with Gasteiger partial charge in [0.15, 0.2) is 17.0 Å². The van der Waals surface area contributed by atoms with E-state index in [9.17, 15) is 24.6 Å². The smallest absolute Gasteiger partial charge is 0.320 e. The fourth-order valence-electron chi connectivity index (χ4n) is 7.34. The van der Waals surface area contributed by atoms with Crippen molar-refractivity contribution in [1.29, 1.82) is 0 Å². The monoisotopic (exact) mass is 880 g/mol. The topological polar surface area (TPSA) is 283 Å².